The highest BCUT2D eigenvalue weighted by atomic mass is 15.0. The Hall–Kier alpha value is -1.31. The standard InChI is InChI=1S/C8H8N2/c1-2-4-8-7(3-1)5-9-6-10-8/h1-4,6,10H,5H2/q+1. The molecule has 0 aliphatic carbocycles. The van der Waals surface area contributed by atoms with Crippen LogP contribution in [0.5, 0.6) is 0 Å². The van der Waals surface area contributed by atoms with Crippen molar-refractivity contribution in [2.45, 2.75) is 6.54 Å². The van der Waals surface area contributed by atoms with Gasteiger partial charge in [-0.2, -0.15) is 0 Å². The quantitative estimate of drug-likeness (QED) is 0.559. The molecule has 0 bridgehead atoms. The normalized spacial score (nSPS) is 14.0. The van der Waals surface area contributed by atoms with E-state index in [1.54, 1.807) is 6.34 Å². The average Bonchev–Trinajstić information content (AvgIpc) is 2.05. The third-order valence-electron chi connectivity index (χ3n) is 1.59. The predicted molar refractivity (Wildman–Crippen MR) is 42.0 cm³/mol. The lowest BCUT2D eigenvalue weighted by Gasteiger charge is -2.01. The molecular formula is C8H8N2+. The topological polar surface area (TPSA) is 26.1 Å². The second-order valence-electron chi connectivity index (χ2n) is 2.27. The maximum Gasteiger partial charge on any atom is 0.278 e. The van der Waals surface area contributed by atoms with Crippen LogP contribution in [0.2, 0.25) is 0 Å². The summed E-state index contributed by atoms with van der Waals surface area (Å²) in [4.78, 5) is 4.08. The van der Waals surface area contributed by atoms with Gasteiger partial charge in [-0.05, 0) is 6.07 Å². The Morgan fingerprint density at radius 1 is 1.30 bits per heavy atom. The number of para-hydroxylation sites is 1. The third kappa shape index (κ3) is 0.778. The Kier molecular flexibility index (Phi) is 1.17. The maximum absolute atomic E-state index is 4.08. The zero-order valence-electron chi connectivity index (χ0n) is 5.54. The molecule has 0 spiro atoms. The van der Waals surface area contributed by atoms with Gasteiger partial charge in [0, 0.05) is 5.56 Å². The number of anilines is 1. The molecule has 2 rings (SSSR count). The molecule has 0 amide bonds. The molecule has 1 aliphatic heterocycles. The smallest absolute Gasteiger partial charge is 0.244 e. The van der Waals surface area contributed by atoms with Gasteiger partial charge in [0.1, 0.15) is 5.69 Å². The molecule has 10 heavy (non-hydrogen) atoms. The van der Waals surface area contributed by atoms with Crippen LogP contribution in [-0.4, -0.2) is 6.34 Å². The fraction of sp³-hybridized carbons (Fsp3) is 0.125. The van der Waals surface area contributed by atoms with E-state index in [-0.39, 0.29) is 0 Å². The molecule has 1 N–H and O–H groups in total. The van der Waals surface area contributed by atoms with Gasteiger partial charge in [0.2, 0.25) is 0 Å². The molecule has 1 heterocycles. The van der Waals surface area contributed by atoms with E-state index in [9.17, 15) is 0 Å². The van der Waals surface area contributed by atoms with E-state index >= 15 is 0 Å². The number of rotatable bonds is 0. The molecule has 2 heteroatoms. The highest BCUT2D eigenvalue weighted by Crippen LogP contribution is 2.14. The molecule has 0 saturated heterocycles. The Morgan fingerprint density at radius 3 is 3.10 bits per heavy atom. The molecule has 1 radical (unpaired) electrons. The Bertz CT molecular complexity index is 239. The lowest BCUT2D eigenvalue weighted by atomic mass is 10.1. The molecule has 1 aromatic carbocycles. The van der Waals surface area contributed by atoms with Crippen LogP contribution in [0.1, 0.15) is 5.56 Å². The minimum absolute atomic E-state index is 0.809. The molecular weight excluding hydrogens is 124 g/mol. The number of aliphatic imine (C=N–C) groups is 1. The number of nitrogens with one attached hydrogen (secondary N) is 1. The number of hydrogen-bond donors (Lipinski definition) is 1. The van der Waals surface area contributed by atoms with Gasteiger partial charge in [0.15, 0.2) is 6.54 Å². The van der Waals surface area contributed by atoms with Gasteiger partial charge in [-0.3, -0.25) is 0 Å². The van der Waals surface area contributed by atoms with E-state index in [0.717, 1.165) is 6.54 Å². The van der Waals surface area contributed by atoms with Crippen molar-refractivity contribution in [3.63, 3.8) is 0 Å². The summed E-state index contributed by atoms with van der Waals surface area (Å²) in [5.74, 6) is 0. The van der Waals surface area contributed by atoms with Crippen molar-refractivity contribution in [2.75, 3.05) is 5.32 Å². The summed E-state index contributed by atoms with van der Waals surface area (Å²) in [6.07, 6.45) is 1.74. The van der Waals surface area contributed by atoms with Crippen LogP contribution in [0.15, 0.2) is 24.3 Å². The lowest BCUT2D eigenvalue weighted by molar-refractivity contribution is 0.959. The van der Waals surface area contributed by atoms with Crippen molar-refractivity contribution in [3.8, 4) is 0 Å². The Morgan fingerprint density at radius 2 is 2.20 bits per heavy atom. The van der Waals surface area contributed by atoms with Crippen LogP contribution in [0.25, 0.3) is 0 Å². The number of hydrogen-bond acceptors (Lipinski definition) is 2. The SMILES string of the molecule is C1=[N+]Cc2ccccc2N1. The second-order valence-corrected chi connectivity index (χ2v) is 2.27. The molecule has 0 fully saturated rings. The fourth-order valence-electron chi connectivity index (χ4n) is 1.06. The number of fused-ring (bicyclic) bond motifs is 1. The lowest BCUT2D eigenvalue weighted by Crippen LogP contribution is -2.11. The van der Waals surface area contributed by atoms with Gasteiger partial charge < -0.3 is 0 Å². The van der Waals surface area contributed by atoms with Gasteiger partial charge in [0.25, 0.3) is 6.34 Å². The summed E-state index contributed by atoms with van der Waals surface area (Å²) < 4.78 is 0. The summed E-state index contributed by atoms with van der Waals surface area (Å²) >= 11 is 0. The molecule has 49 valence electrons. The van der Waals surface area contributed by atoms with Gasteiger partial charge in [-0.15, -0.1) is 0 Å². The Labute approximate surface area is 59.6 Å². The minimum Gasteiger partial charge on any atom is -0.244 e. The Balaban J connectivity index is 2.47. The van der Waals surface area contributed by atoms with E-state index in [2.05, 4.69) is 22.4 Å². The first-order valence-electron chi connectivity index (χ1n) is 3.29. The molecule has 0 saturated carbocycles. The van der Waals surface area contributed by atoms with E-state index in [0.29, 0.717) is 0 Å². The molecule has 2 nitrogen and oxygen atoms in total. The van der Waals surface area contributed by atoms with Crippen LogP contribution in [0, 0.1) is 0 Å². The van der Waals surface area contributed by atoms with Crippen molar-refractivity contribution < 1.29 is 0 Å². The van der Waals surface area contributed by atoms with Gasteiger partial charge in [-0.1, -0.05) is 23.2 Å². The summed E-state index contributed by atoms with van der Waals surface area (Å²) in [6.45, 7) is 0.809. The fourth-order valence-corrected chi connectivity index (χ4v) is 1.06. The summed E-state index contributed by atoms with van der Waals surface area (Å²) in [5, 5.41) is 3.07. The van der Waals surface area contributed by atoms with Crippen molar-refractivity contribution in [1.82, 2.24) is 4.99 Å². The summed E-state index contributed by atoms with van der Waals surface area (Å²) in [6, 6.07) is 8.19. The first-order chi connectivity index (χ1) is 4.97. The zero-order valence-corrected chi connectivity index (χ0v) is 5.54. The van der Waals surface area contributed by atoms with E-state index in [1.165, 1.54) is 11.3 Å². The monoisotopic (exact) mass is 132 g/mol. The van der Waals surface area contributed by atoms with Crippen LogP contribution < -0.4 is 10.3 Å². The molecule has 0 unspecified atom stereocenters. The minimum atomic E-state index is 0.809. The first-order valence-corrected chi connectivity index (χ1v) is 3.29. The number of nitrogens with zero attached hydrogens (tertiary/aromatic N) is 1. The molecule has 1 aliphatic rings. The maximum atomic E-state index is 4.08. The van der Waals surface area contributed by atoms with Gasteiger partial charge >= 0.3 is 0 Å². The van der Waals surface area contributed by atoms with Crippen molar-refractivity contribution in [2.24, 2.45) is 0 Å². The first kappa shape index (κ1) is 5.47. The highest BCUT2D eigenvalue weighted by molar-refractivity contribution is 5.78. The van der Waals surface area contributed by atoms with Gasteiger partial charge in [-0.25, -0.2) is 5.32 Å². The van der Waals surface area contributed by atoms with Crippen LogP contribution in [0.3, 0.4) is 0 Å². The third-order valence-corrected chi connectivity index (χ3v) is 1.59. The largest absolute Gasteiger partial charge is 0.278 e. The average molecular weight is 132 g/mol. The molecule has 1 aromatic rings. The summed E-state index contributed by atoms with van der Waals surface area (Å²) in [5.41, 5.74) is 2.45. The molecule has 0 atom stereocenters. The number of benzene rings is 1. The van der Waals surface area contributed by atoms with Crippen LogP contribution >= 0.6 is 0 Å². The van der Waals surface area contributed by atoms with E-state index < -0.39 is 0 Å². The van der Waals surface area contributed by atoms with Gasteiger partial charge in [0.05, 0.1) is 0 Å². The zero-order chi connectivity index (χ0) is 6.81. The second kappa shape index (κ2) is 2.14. The van der Waals surface area contributed by atoms with E-state index in [1.807, 2.05) is 12.1 Å². The molecule has 0 aromatic heterocycles. The van der Waals surface area contributed by atoms with E-state index in [4.69, 9.17) is 0 Å². The predicted octanol–water partition coefficient (Wildman–Crippen LogP) is 0.976. The summed E-state index contributed by atoms with van der Waals surface area (Å²) in [7, 11) is 0. The van der Waals surface area contributed by atoms with Crippen molar-refractivity contribution >= 4 is 12.0 Å². The van der Waals surface area contributed by atoms with Crippen molar-refractivity contribution in [1.29, 1.82) is 0 Å². The highest BCUT2D eigenvalue weighted by Gasteiger charge is 2.08. The van der Waals surface area contributed by atoms with Crippen LogP contribution in [-0.2, 0) is 6.54 Å². The van der Waals surface area contributed by atoms with Crippen molar-refractivity contribution in [3.05, 3.63) is 29.8 Å². The van der Waals surface area contributed by atoms with Crippen LogP contribution in [0.4, 0.5) is 5.69 Å².